The lowest BCUT2D eigenvalue weighted by atomic mass is 10.1. The Hall–Kier alpha value is -1.66. The fourth-order valence-corrected chi connectivity index (χ4v) is 4.27. The molecule has 1 N–H and O–H groups in total. The van der Waals surface area contributed by atoms with Crippen LogP contribution in [0.5, 0.6) is 0 Å². The molecule has 0 aliphatic rings. The maximum atomic E-state index is 13.2. The van der Waals surface area contributed by atoms with Crippen LogP contribution < -0.4 is 9.62 Å². The Morgan fingerprint density at radius 2 is 1.67 bits per heavy atom. The summed E-state index contributed by atoms with van der Waals surface area (Å²) in [7, 11) is -2.22. The number of carbonyl (C=O) groups excluding carboxylic acids is 2. The molecule has 30 heavy (non-hydrogen) atoms. The number of benzene rings is 2. The van der Waals surface area contributed by atoms with Gasteiger partial charge in [-0.3, -0.25) is 13.9 Å². The zero-order chi connectivity index (χ0) is 22.5. The van der Waals surface area contributed by atoms with E-state index < -0.39 is 28.5 Å². The number of nitrogens with one attached hydrogen (secondary N) is 1. The Morgan fingerprint density at radius 3 is 2.17 bits per heavy atom. The first kappa shape index (κ1) is 24.6. The van der Waals surface area contributed by atoms with E-state index in [0.29, 0.717) is 5.69 Å². The van der Waals surface area contributed by atoms with Crippen LogP contribution in [0.15, 0.2) is 53.0 Å². The second kappa shape index (κ2) is 10.6. The molecule has 7 nitrogen and oxygen atoms in total. The van der Waals surface area contributed by atoms with Crippen molar-refractivity contribution in [3.63, 3.8) is 0 Å². The number of hydrogen-bond donors (Lipinski definition) is 1. The smallest absolute Gasteiger partial charge is 0.244 e. The summed E-state index contributed by atoms with van der Waals surface area (Å²) in [4.78, 5) is 26.8. The predicted molar refractivity (Wildman–Crippen MR) is 130 cm³/mol. The van der Waals surface area contributed by atoms with Crippen LogP contribution >= 0.6 is 38.5 Å². The van der Waals surface area contributed by atoms with Gasteiger partial charge >= 0.3 is 0 Å². The summed E-state index contributed by atoms with van der Waals surface area (Å²) in [5.41, 5.74) is 1.21. The molecular weight excluding hydrogens is 585 g/mol. The second-order valence-electron chi connectivity index (χ2n) is 6.68. The van der Waals surface area contributed by atoms with Crippen LogP contribution in [0.1, 0.15) is 12.5 Å². The van der Waals surface area contributed by atoms with Gasteiger partial charge in [0.05, 0.1) is 11.9 Å². The molecule has 1 atom stereocenters. The van der Waals surface area contributed by atoms with Gasteiger partial charge in [-0.2, -0.15) is 0 Å². The van der Waals surface area contributed by atoms with Gasteiger partial charge in [-0.05, 0) is 71.5 Å². The van der Waals surface area contributed by atoms with Crippen molar-refractivity contribution in [2.75, 3.05) is 24.2 Å². The number of anilines is 1. The Bertz CT molecular complexity index is 998. The quantitative estimate of drug-likeness (QED) is 0.468. The minimum Gasteiger partial charge on any atom is -0.357 e. The molecule has 0 saturated heterocycles. The number of halogens is 2. The fraction of sp³-hybridized carbons (Fsp3) is 0.300. The normalized spacial score (nSPS) is 12.2. The van der Waals surface area contributed by atoms with Gasteiger partial charge in [0, 0.05) is 21.6 Å². The summed E-state index contributed by atoms with van der Waals surface area (Å²) < 4.78 is 27.7. The fourth-order valence-electron chi connectivity index (χ4n) is 2.80. The van der Waals surface area contributed by atoms with E-state index in [1.54, 1.807) is 31.2 Å². The Morgan fingerprint density at radius 1 is 1.10 bits per heavy atom. The van der Waals surface area contributed by atoms with Crippen molar-refractivity contribution in [3.8, 4) is 0 Å². The molecule has 0 fully saturated rings. The second-order valence-corrected chi connectivity index (χ2v) is 10.8. The van der Waals surface area contributed by atoms with Crippen molar-refractivity contribution in [1.29, 1.82) is 0 Å². The highest BCUT2D eigenvalue weighted by molar-refractivity contribution is 14.1. The summed E-state index contributed by atoms with van der Waals surface area (Å²) in [6.45, 7) is 1.38. The zero-order valence-corrected chi connectivity index (χ0v) is 21.4. The van der Waals surface area contributed by atoms with Crippen LogP contribution in [-0.4, -0.2) is 51.0 Å². The molecule has 2 aromatic carbocycles. The lowest BCUT2D eigenvalue weighted by Gasteiger charge is -2.31. The lowest BCUT2D eigenvalue weighted by molar-refractivity contribution is -0.139. The van der Waals surface area contributed by atoms with E-state index in [1.165, 1.54) is 11.9 Å². The highest BCUT2D eigenvalue weighted by Gasteiger charge is 2.29. The predicted octanol–water partition coefficient (Wildman–Crippen LogP) is 2.98. The number of rotatable bonds is 8. The Kier molecular flexibility index (Phi) is 8.68. The molecule has 0 aliphatic heterocycles. The molecule has 2 amide bonds. The highest BCUT2D eigenvalue weighted by Crippen LogP contribution is 2.20. The van der Waals surface area contributed by atoms with Gasteiger partial charge in [0.25, 0.3) is 0 Å². The summed E-state index contributed by atoms with van der Waals surface area (Å²) >= 11 is 5.49. The van der Waals surface area contributed by atoms with E-state index in [0.717, 1.165) is 24.2 Å². The SMILES string of the molecule is CNC(=O)C(C)N(Cc1ccc(Br)cc1)C(=O)CN(c1ccc(I)cc1)S(C)(=O)=O. The van der Waals surface area contributed by atoms with E-state index >= 15 is 0 Å². The van der Waals surface area contributed by atoms with E-state index in [4.69, 9.17) is 0 Å². The summed E-state index contributed by atoms with van der Waals surface area (Å²) in [5.74, 6) is -0.807. The van der Waals surface area contributed by atoms with Gasteiger partial charge < -0.3 is 10.2 Å². The van der Waals surface area contributed by atoms with Crippen LogP contribution in [0.3, 0.4) is 0 Å². The van der Waals surface area contributed by atoms with Crippen molar-refractivity contribution < 1.29 is 18.0 Å². The molecule has 10 heteroatoms. The van der Waals surface area contributed by atoms with Gasteiger partial charge in [-0.15, -0.1) is 0 Å². The Balaban J connectivity index is 2.35. The number of likely N-dealkylation sites (N-methyl/N-ethyl adjacent to an activating group) is 1. The molecule has 0 aromatic heterocycles. The van der Waals surface area contributed by atoms with E-state index in [1.807, 2.05) is 24.3 Å². The van der Waals surface area contributed by atoms with E-state index in [-0.39, 0.29) is 12.5 Å². The first-order valence-electron chi connectivity index (χ1n) is 9.01. The third-order valence-electron chi connectivity index (χ3n) is 4.47. The lowest BCUT2D eigenvalue weighted by Crippen LogP contribution is -2.50. The monoisotopic (exact) mass is 607 g/mol. The third kappa shape index (κ3) is 6.67. The number of nitrogens with zero attached hydrogens (tertiary/aromatic N) is 2. The van der Waals surface area contributed by atoms with Gasteiger partial charge in [-0.1, -0.05) is 28.1 Å². The topological polar surface area (TPSA) is 86.8 Å². The number of amides is 2. The molecule has 0 bridgehead atoms. The number of hydrogen-bond acceptors (Lipinski definition) is 4. The van der Waals surface area contributed by atoms with Gasteiger partial charge in [0.1, 0.15) is 12.6 Å². The molecule has 0 heterocycles. The molecule has 1 unspecified atom stereocenters. The van der Waals surface area contributed by atoms with E-state index in [2.05, 4.69) is 43.8 Å². The van der Waals surface area contributed by atoms with Crippen LogP contribution in [0.4, 0.5) is 5.69 Å². The van der Waals surface area contributed by atoms with E-state index in [9.17, 15) is 18.0 Å². The van der Waals surface area contributed by atoms with Gasteiger partial charge in [0.2, 0.25) is 21.8 Å². The van der Waals surface area contributed by atoms with Gasteiger partial charge in [0.15, 0.2) is 0 Å². The zero-order valence-electron chi connectivity index (χ0n) is 16.8. The van der Waals surface area contributed by atoms with Crippen molar-refractivity contribution in [2.24, 2.45) is 0 Å². The minimum atomic E-state index is -3.71. The first-order valence-corrected chi connectivity index (χ1v) is 12.7. The van der Waals surface area contributed by atoms with Crippen molar-refractivity contribution in [2.45, 2.75) is 19.5 Å². The number of carbonyl (C=O) groups is 2. The van der Waals surface area contributed by atoms with Crippen LogP contribution in [-0.2, 0) is 26.2 Å². The summed E-state index contributed by atoms with van der Waals surface area (Å²) in [6, 6.07) is 13.4. The molecule has 0 spiro atoms. The third-order valence-corrected chi connectivity index (χ3v) is 6.86. The van der Waals surface area contributed by atoms with Crippen molar-refractivity contribution in [1.82, 2.24) is 10.2 Å². The summed E-state index contributed by atoms with van der Waals surface area (Å²) in [5, 5.41) is 2.54. The standard InChI is InChI=1S/C20H23BrIN3O4S/c1-14(20(27)23-2)24(12-15-4-6-16(21)7-5-15)19(26)13-25(30(3,28)29)18-10-8-17(22)9-11-18/h4-11,14H,12-13H2,1-3H3,(H,23,27). The van der Waals surface area contributed by atoms with Crippen molar-refractivity contribution >= 4 is 66.0 Å². The average Bonchev–Trinajstić information content (AvgIpc) is 2.70. The molecule has 0 radical (unpaired) electrons. The Labute approximate surface area is 199 Å². The molecule has 162 valence electrons. The van der Waals surface area contributed by atoms with Crippen LogP contribution in [0, 0.1) is 3.57 Å². The minimum absolute atomic E-state index is 0.172. The molecule has 2 aromatic rings. The maximum absolute atomic E-state index is 13.2. The molecular formula is C20H23BrIN3O4S. The van der Waals surface area contributed by atoms with Crippen molar-refractivity contribution in [3.05, 3.63) is 62.1 Å². The van der Waals surface area contributed by atoms with Crippen LogP contribution in [0.25, 0.3) is 0 Å². The first-order chi connectivity index (χ1) is 14.0. The molecule has 2 rings (SSSR count). The molecule has 0 aliphatic carbocycles. The number of sulfonamides is 1. The maximum Gasteiger partial charge on any atom is 0.244 e. The highest BCUT2D eigenvalue weighted by atomic mass is 127. The van der Waals surface area contributed by atoms with Crippen LogP contribution in [0.2, 0.25) is 0 Å². The molecule has 0 saturated carbocycles. The van der Waals surface area contributed by atoms with Gasteiger partial charge in [-0.25, -0.2) is 8.42 Å². The largest absolute Gasteiger partial charge is 0.357 e. The average molecular weight is 608 g/mol. The summed E-state index contributed by atoms with van der Waals surface area (Å²) in [6.07, 6.45) is 1.06.